The monoisotopic (exact) mass is 377 g/mol. The second-order valence-corrected chi connectivity index (χ2v) is 7.99. The second kappa shape index (κ2) is 9.52. The van der Waals surface area contributed by atoms with Crippen LogP contribution in [-0.2, 0) is 15.0 Å². The highest BCUT2D eigenvalue weighted by atomic mass is 32.2. The molecule has 1 aromatic rings. The minimum atomic E-state index is -1.01. The summed E-state index contributed by atoms with van der Waals surface area (Å²) in [6.07, 6.45) is 0.976. The van der Waals surface area contributed by atoms with E-state index in [1.807, 2.05) is 0 Å². The summed E-state index contributed by atoms with van der Waals surface area (Å²) in [4.78, 5) is 21.4. The largest absolute Gasteiger partial charge is 0.481 e. The third-order valence-corrected chi connectivity index (χ3v) is 5.37. The summed E-state index contributed by atoms with van der Waals surface area (Å²) in [5, 5.41) is 17.2. The van der Waals surface area contributed by atoms with Gasteiger partial charge in [0.15, 0.2) is 5.17 Å². The van der Waals surface area contributed by atoms with E-state index in [1.165, 1.54) is 23.1 Å². The van der Waals surface area contributed by atoms with Gasteiger partial charge in [0.2, 0.25) is 5.91 Å². The molecule has 0 aliphatic carbocycles. The molecule has 0 aromatic heterocycles. The molecule has 1 saturated heterocycles. The highest BCUT2D eigenvalue weighted by Crippen LogP contribution is 2.29. The zero-order valence-electron chi connectivity index (χ0n) is 16.0. The van der Waals surface area contributed by atoms with Crippen molar-refractivity contribution in [3.63, 3.8) is 0 Å². The van der Waals surface area contributed by atoms with Gasteiger partial charge >= 0.3 is 5.97 Å². The third-order valence-electron chi connectivity index (χ3n) is 4.29. The number of thioether (sulfide) groups is 1. The number of carbonyl (C=O) groups excluding carboxylic acids is 1. The summed E-state index contributed by atoms with van der Waals surface area (Å²) in [6.45, 7) is 14.3. The molecule has 1 aliphatic rings. The fraction of sp³-hybridized carbons (Fsp3) is 0.474. The first-order chi connectivity index (χ1) is 12.1. The second-order valence-electron chi connectivity index (χ2n) is 6.80. The van der Waals surface area contributed by atoms with Gasteiger partial charge in [0.1, 0.15) is 5.25 Å². The lowest BCUT2D eigenvalue weighted by atomic mass is 9.79. The highest BCUT2D eigenvalue weighted by Gasteiger charge is 2.32. The maximum Gasteiger partial charge on any atom is 0.305 e. The van der Waals surface area contributed by atoms with E-state index >= 15 is 0 Å². The number of rotatable bonds is 5. The molecular weight excluding hydrogens is 350 g/mol. The number of hydrogen-bond acceptors (Lipinski definition) is 5. The Morgan fingerprint density at radius 2 is 2.04 bits per heavy atom. The van der Waals surface area contributed by atoms with Crippen LogP contribution in [0.3, 0.4) is 0 Å². The van der Waals surface area contributed by atoms with Crippen LogP contribution in [-0.4, -0.2) is 34.1 Å². The van der Waals surface area contributed by atoms with E-state index in [-0.39, 0.29) is 12.3 Å². The Bertz CT molecular complexity index is 714. The minimum Gasteiger partial charge on any atom is -0.481 e. The van der Waals surface area contributed by atoms with Crippen molar-refractivity contribution in [1.82, 2.24) is 5.32 Å². The van der Waals surface area contributed by atoms with Crippen LogP contribution in [0.1, 0.15) is 50.3 Å². The maximum atomic E-state index is 11.1. The molecule has 7 heteroatoms. The number of aryl methyl sites for hydroxylation is 2. The molecule has 1 amide bonds. The van der Waals surface area contributed by atoms with Crippen molar-refractivity contribution in [3.05, 3.63) is 34.9 Å². The molecule has 1 unspecified atom stereocenters. The molecule has 6 nitrogen and oxygen atoms in total. The number of carboxylic acids is 1. The summed E-state index contributed by atoms with van der Waals surface area (Å²) in [6, 6.07) is 6.75. The van der Waals surface area contributed by atoms with Crippen molar-refractivity contribution in [3.8, 4) is 0 Å². The Morgan fingerprint density at radius 1 is 1.38 bits per heavy atom. The Kier molecular flexibility index (Phi) is 8.02. The van der Waals surface area contributed by atoms with Crippen LogP contribution in [0.2, 0.25) is 0 Å². The van der Waals surface area contributed by atoms with E-state index in [4.69, 9.17) is 5.11 Å². The highest BCUT2D eigenvalue weighted by molar-refractivity contribution is 8.15. The van der Waals surface area contributed by atoms with Gasteiger partial charge in [-0.1, -0.05) is 56.3 Å². The first-order valence-corrected chi connectivity index (χ1v) is 9.29. The van der Waals surface area contributed by atoms with Gasteiger partial charge in [-0.3, -0.25) is 9.59 Å². The molecule has 1 heterocycles. The molecule has 2 N–H and O–H groups in total. The van der Waals surface area contributed by atoms with Crippen LogP contribution in [0.15, 0.2) is 28.4 Å². The number of nitrogens with zero attached hydrogens (tertiary/aromatic N) is 2. The molecule has 1 aromatic carbocycles. The van der Waals surface area contributed by atoms with Gasteiger partial charge in [-0.05, 0) is 36.8 Å². The molecule has 1 aliphatic heterocycles. The molecular formula is C19H27N3O3S. The Morgan fingerprint density at radius 3 is 2.54 bits per heavy atom. The first-order valence-electron chi connectivity index (χ1n) is 8.41. The molecule has 0 spiro atoms. The van der Waals surface area contributed by atoms with E-state index in [2.05, 4.69) is 75.1 Å². The molecule has 0 bridgehead atoms. The zero-order chi connectivity index (χ0) is 19.9. The van der Waals surface area contributed by atoms with Crippen LogP contribution in [0.25, 0.3) is 0 Å². The summed E-state index contributed by atoms with van der Waals surface area (Å²) >= 11 is 1.05. The average molecular weight is 378 g/mol. The fourth-order valence-electron chi connectivity index (χ4n) is 2.57. The average Bonchev–Trinajstić information content (AvgIpc) is 2.87. The van der Waals surface area contributed by atoms with Crippen LogP contribution in [0, 0.1) is 13.8 Å². The van der Waals surface area contributed by atoms with E-state index in [1.54, 1.807) is 0 Å². The number of amides is 1. The van der Waals surface area contributed by atoms with Crippen LogP contribution >= 0.6 is 11.8 Å². The minimum absolute atomic E-state index is 0.216. The van der Waals surface area contributed by atoms with Crippen molar-refractivity contribution in [2.45, 2.75) is 58.1 Å². The molecule has 26 heavy (non-hydrogen) atoms. The van der Waals surface area contributed by atoms with Gasteiger partial charge in [-0.2, -0.15) is 5.10 Å². The van der Waals surface area contributed by atoms with Gasteiger partial charge in [0, 0.05) is 6.72 Å². The predicted octanol–water partition coefficient (Wildman–Crippen LogP) is 3.66. The van der Waals surface area contributed by atoms with Gasteiger partial charge in [0.25, 0.3) is 0 Å². The number of carbonyl (C=O) groups is 2. The third kappa shape index (κ3) is 6.29. The summed E-state index contributed by atoms with van der Waals surface area (Å²) in [5.41, 5.74) is 4.58. The van der Waals surface area contributed by atoms with Gasteiger partial charge in [-0.25, -0.2) is 0 Å². The standard InChI is InChI=1S/C13H20.C6H7N3O3S/c1-6-13(4,5)12-8-7-10(2)9-11(12)3;1-7-9-6-8-5(12)3(13-6)2-4(10)11/h7-9H,6H2,1-5H3;3H,1-2H2,(H,10,11)(H,8,9,12). The van der Waals surface area contributed by atoms with Crippen molar-refractivity contribution in [1.29, 1.82) is 0 Å². The zero-order valence-corrected chi connectivity index (χ0v) is 16.8. The van der Waals surface area contributed by atoms with Crippen molar-refractivity contribution in [2.75, 3.05) is 0 Å². The molecule has 0 radical (unpaired) electrons. The van der Waals surface area contributed by atoms with Crippen molar-refractivity contribution < 1.29 is 14.7 Å². The fourth-order valence-corrected chi connectivity index (χ4v) is 3.50. The van der Waals surface area contributed by atoms with E-state index in [9.17, 15) is 9.59 Å². The number of carboxylic acid groups (broad SMARTS) is 1. The summed E-state index contributed by atoms with van der Waals surface area (Å²) in [5.74, 6) is -1.37. The van der Waals surface area contributed by atoms with E-state index < -0.39 is 11.2 Å². The van der Waals surface area contributed by atoms with Crippen LogP contribution in [0.5, 0.6) is 0 Å². The number of amidine groups is 1. The van der Waals surface area contributed by atoms with Gasteiger partial charge in [0.05, 0.1) is 6.42 Å². The van der Waals surface area contributed by atoms with Gasteiger partial charge < -0.3 is 10.4 Å². The first kappa shape index (κ1) is 21.9. The Hall–Kier alpha value is -2.15. The Labute approximate surface area is 159 Å². The number of hydrogen-bond donors (Lipinski definition) is 2. The van der Waals surface area contributed by atoms with E-state index in [0.717, 1.165) is 11.8 Å². The lowest BCUT2D eigenvalue weighted by molar-refractivity contribution is -0.138. The SMILES string of the molecule is C=N/N=C1\NC(=O)C(CC(=O)O)S1.CCC(C)(C)c1ccc(C)cc1C. The normalized spacial score (nSPS) is 18.1. The molecule has 0 saturated carbocycles. The number of nitrogens with one attached hydrogen (secondary N) is 1. The number of benzene rings is 1. The van der Waals surface area contributed by atoms with Crippen LogP contribution in [0.4, 0.5) is 0 Å². The molecule has 142 valence electrons. The quantitative estimate of drug-likeness (QED) is 0.605. The lowest BCUT2D eigenvalue weighted by Crippen LogP contribution is -2.26. The van der Waals surface area contributed by atoms with Crippen molar-refractivity contribution in [2.24, 2.45) is 10.2 Å². The maximum absolute atomic E-state index is 11.1. The summed E-state index contributed by atoms with van der Waals surface area (Å²) < 4.78 is 0. The van der Waals surface area contributed by atoms with E-state index in [0.29, 0.717) is 10.6 Å². The Balaban J connectivity index is 0.000000260. The molecule has 2 rings (SSSR count). The topological polar surface area (TPSA) is 91.1 Å². The number of aliphatic carboxylic acids is 1. The molecule has 1 atom stereocenters. The lowest BCUT2D eigenvalue weighted by Gasteiger charge is -2.25. The smallest absolute Gasteiger partial charge is 0.305 e. The molecule has 1 fully saturated rings. The van der Waals surface area contributed by atoms with Crippen molar-refractivity contribution >= 4 is 35.5 Å². The summed E-state index contributed by atoms with van der Waals surface area (Å²) in [7, 11) is 0. The van der Waals surface area contributed by atoms with Gasteiger partial charge in [-0.15, -0.1) is 5.10 Å². The van der Waals surface area contributed by atoms with Crippen LogP contribution < -0.4 is 5.32 Å². The predicted molar refractivity (Wildman–Crippen MR) is 108 cm³/mol.